The zero-order chi connectivity index (χ0) is 12.1. The molecule has 0 N–H and O–H groups in total. The molecule has 0 unspecified atom stereocenters. The van der Waals surface area contributed by atoms with E-state index < -0.39 is 0 Å². The lowest BCUT2D eigenvalue weighted by atomic mass is 10.2. The number of ether oxygens (including phenoxy) is 1. The number of pyridine rings is 1. The molecule has 17 heavy (non-hydrogen) atoms. The highest BCUT2D eigenvalue weighted by molar-refractivity contribution is 6.30. The summed E-state index contributed by atoms with van der Waals surface area (Å²) in [5, 5.41) is 0.586. The average molecular weight is 244 g/mol. The van der Waals surface area contributed by atoms with Gasteiger partial charge >= 0.3 is 0 Å². The van der Waals surface area contributed by atoms with E-state index in [2.05, 4.69) is 16.8 Å². The molecule has 2 aromatic rings. The highest BCUT2D eigenvalue weighted by atomic mass is 35.5. The van der Waals surface area contributed by atoms with Crippen molar-refractivity contribution in [2.75, 3.05) is 7.11 Å². The van der Waals surface area contributed by atoms with Crippen molar-refractivity contribution in [1.82, 2.24) is 4.98 Å². The highest BCUT2D eigenvalue weighted by Gasteiger charge is 1.92. The summed E-state index contributed by atoms with van der Waals surface area (Å²) in [5.74, 6) is 6.83. The first-order valence-electron chi connectivity index (χ1n) is 5.04. The van der Waals surface area contributed by atoms with E-state index in [-0.39, 0.29) is 0 Å². The minimum absolute atomic E-state index is 0.586. The smallest absolute Gasteiger partial charge is 0.120 e. The van der Waals surface area contributed by atoms with Crippen molar-refractivity contribution in [3.8, 4) is 17.6 Å². The lowest BCUT2D eigenvalue weighted by Crippen LogP contribution is -1.83. The van der Waals surface area contributed by atoms with E-state index in [0.717, 1.165) is 16.9 Å². The number of methoxy groups -OCH3 is 1. The number of nitrogens with zero attached hydrogens (tertiary/aromatic N) is 1. The van der Waals surface area contributed by atoms with Crippen LogP contribution in [0.1, 0.15) is 11.1 Å². The van der Waals surface area contributed by atoms with E-state index >= 15 is 0 Å². The monoisotopic (exact) mass is 243 g/mol. The fourth-order valence-electron chi connectivity index (χ4n) is 1.33. The van der Waals surface area contributed by atoms with Gasteiger partial charge in [-0.25, -0.2) is 0 Å². The Morgan fingerprint density at radius 1 is 1.12 bits per heavy atom. The zero-order valence-corrected chi connectivity index (χ0v) is 10.0. The van der Waals surface area contributed by atoms with Crippen LogP contribution in [0.3, 0.4) is 0 Å². The van der Waals surface area contributed by atoms with Crippen LogP contribution < -0.4 is 4.74 Å². The Bertz CT molecular complexity index is 584. The maximum Gasteiger partial charge on any atom is 0.120 e. The van der Waals surface area contributed by atoms with Crippen LogP contribution in [0.15, 0.2) is 42.7 Å². The van der Waals surface area contributed by atoms with E-state index in [0.29, 0.717) is 5.02 Å². The van der Waals surface area contributed by atoms with Gasteiger partial charge in [-0.3, -0.25) is 4.98 Å². The number of aromatic nitrogens is 1. The van der Waals surface area contributed by atoms with Crippen LogP contribution in [0, 0.1) is 11.8 Å². The molecule has 0 saturated heterocycles. The topological polar surface area (TPSA) is 22.1 Å². The molecule has 3 heteroatoms. The zero-order valence-electron chi connectivity index (χ0n) is 9.27. The summed E-state index contributed by atoms with van der Waals surface area (Å²) in [6, 6.07) is 9.37. The summed E-state index contributed by atoms with van der Waals surface area (Å²) in [5.41, 5.74) is 1.68. The molecule has 1 aromatic carbocycles. The molecule has 0 spiro atoms. The molecule has 1 aromatic heterocycles. The van der Waals surface area contributed by atoms with Crippen molar-refractivity contribution in [3.05, 3.63) is 58.9 Å². The summed E-state index contributed by atoms with van der Waals surface area (Å²) >= 11 is 5.82. The van der Waals surface area contributed by atoms with Crippen LogP contribution in [-0.4, -0.2) is 12.1 Å². The number of rotatable bonds is 1. The highest BCUT2D eigenvalue weighted by Crippen LogP contribution is 2.12. The van der Waals surface area contributed by atoms with E-state index in [1.165, 1.54) is 0 Å². The number of hydrogen-bond donors (Lipinski definition) is 0. The molecule has 0 amide bonds. The molecule has 0 aliphatic carbocycles. The van der Waals surface area contributed by atoms with Gasteiger partial charge in [0.15, 0.2) is 0 Å². The van der Waals surface area contributed by atoms with E-state index in [1.807, 2.05) is 24.3 Å². The molecular formula is C14H10ClNO. The SMILES string of the molecule is COc1cccc(C#Cc2cncc(Cl)c2)c1. The molecule has 84 valence electrons. The summed E-state index contributed by atoms with van der Waals surface area (Å²) in [7, 11) is 1.63. The Kier molecular flexibility index (Phi) is 3.64. The second kappa shape index (κ2) is 5.38. The molecule has 2 nitrogen and oxygen atoms in total. The van der Waals surface area contributed by atoms with Crippen LogP contribution in [0.2, 0.25) is 5.02 Å². The molecule has 0 radical (unpaired) electrons. The van der Waals surface area contributed by atoms with Crippen LogP contribution >= 0.6 is 11.6 Å². The van der Waals surface area contributed by atoms with Crippen LogP contribution in [0.25, 0.3) is 0 Å². The second-order valence-electron chi connectivity index (χ2n) is 3.37. The fraction of sp³-hybridized carbons (Fsp3) is 0.0714. The summed E-state index contributed by atoms with van der Waals surface area (Å²) in [6.45, 7) is 0. The van der Waals surface area contributed by atoms with Gasteiger partial charge in [0.2, 0.25) is 0 Å². The van der Waals surface area contributed by atoms with Crippen molar-refractivity contribution in [3.63, 3.8) is 0 Å². The van der Waals surface area contributed by atoms with Gasteiger partial charge in [0.25, 0.3) is 0 Å². The molecule has 0 fully saturated rings. The Labute approximate surface area is 105 Å². The van der Waals surface area contributed by atoms with Gasteiger partial charge in [-0.1, -0.05) is 29.5 Å². The maximum atomic E-state index is 5.82. The van der Waals surface area contributed by atoms with E-state index in [4.69, 9.17) is 16.3 Å². The molecule has 0 atom stereocenters. The molecule has 0 bridgehead atoms. The third-order valence-electron chi connectivity index (χ3n) is 2.13. The van der Waals surface area contributed by atoms with Gasteiger partial charge in [-0.15, -0.1) is 0 Å². The Hall–Kier alpha value is -1.98. The first kappa shape index (κ1) is 11.5. The first-order chi connectivity index (χ1) is 8.28. The number of benzene rings is 1. The standard InChI is InChI=1S/C14H10ClNO/c1-17-14-4-2-3-11(8-14)5-6-12-7-13(15)10-16-9-12/h2-4,7-10H,1H3. The summed E-state index contributed by atoms with van der Waals surface area (Å²) < 4.78 is 5.12. The van der Waals surface area contributed by atoms with Gasteiger partial charge in [0.05, 0.1) is 12.1 Å². The van der Waals surface area contributed by atoms with E-state index in [9.17, 15) is 0 Å². The number of halogens is 1. The quantitative estimate of drug-likeness (QED) is 0.718. The normalized spacial score (nSPS) is 9.29. The largest absolute Gasteiger partial charge is 0.497 e. The van der Waals surface area contributed by atoms with Crippen LogP contribution in [0.4, 0.5) is 0 Å². The van der Waals surface area contributed by atoms with Crippen LogP contribution in [0.5, 0.6) is 5.75 Å². The van der Waals surface area contributed by atoms with Crippen molar-refractivity contribution < 1.29 is 4.74 Å². The summed E-state index contributed by atoms with van der Waals surface area (Å²) in [4.78, 5) is 3.97. The third kappa shape index (κ3) is 3.24. The van der Waals surface area contributed by atoms with Crippen molar-refractivity contribution in [2.45, 2.75) is 0 Å². The van der Waals surface area contributed by atoms with Crippen molar-refractivity contribution >= 4 is 11.6 Å². The fourth-order valence-corrected chi connectivity index (χ4v) is 1.50. The Balaban J connectivity index is 2.26. The molecule has 2 rings (SSSR count). The van der Waals surface area contributed by atoms with E-state index in [1.54, 1.807) is 25.6 Å². The molecular weight excluding hydrogens is 234 g/mol. The minimum Gasteiger partial charge on any atom is -0.497 e. The van der Waals surface area contributed by atoms with Gasteiger partial charge in [0, 0.05) is 23.5 Å². The summed E-state index contributed by atoms with van der Waals surface area (Å²) in [6.07, 6.45) is 3.26. The first-order valence-corrected chi connectivity index (χ1v) is 5.42. The lowest BCUT2D eigenvalue weighted by Gasteiger charge is -1.98. The second-order valence-corrected chi connectivity index (χ2v) is 3.81. The van der Waals surface area contributed by atoms with Gasteiger partial charge in [-0.2, -0.15) is 0 Å². The minimum atomic E-state index is 0.586. The predicted molar refractivity (Wildman–Crippen MR) is 68.2 cm³/mol. The Morgan fingerprint density at radius 3 is 2.71 bits per heavy atom. The van der Waals surface area contributed by atoms with Crippen LogP contribution in [-0.2, 0) is 0 Å². The Morgan fingerprint density at radius 2 is 1.94 bits per heavy atom. The number of hydrogen-bond acceptors (Lipinski definition) is 2. The molecule has 0 aliphatic rings. The van der Waals surface area contributed by atoms with Crippen molar-refractivity contribution in [2.24, 2.45) is 0 Å². The third-order valence-corrected chi connectivity index (χ3v) is 2.33. The molecule has 1 heterocycles. The molecule has 0 saturated carbocycles. The van der Waals surface area contributed by atoms with Gasteiger partial charge in [0.1, 0.15) is 5.75 Å². The molecule has 0 aliphatic heterocycles. The maximum absolute atomic E-state index is 5.82. The van der Waals surface area contributed by atoms with Gasteiger partial charge < -0.3 is 4.74 Å². The van der Waals surface area contributed by atoms with Crippen molar-refractivity contribution in [1.29, 1.82) is 0 Å². The lowest BCUT2D eigenvalue weighted by molar-refractivity contribution is 0.414. The average Bonchev–Trinajstić information content (AvgIpc) is 2.37. The van der Waals surface area contributed by atoms with Gasteiger partial charge in [-0.05, 0) is 24.3 Å². The predicted octanol–water partition coefficient (Wildman–Crippen LogP) is 3.14.